The number of hydrogen-bond donors (Lipinski definition) is 0. The molecule has 0 radical (unpaired) electrons. The summed E-state index contributed by atoms with van der Waals surface area (Å²) in [6.07, 6.45) is 14.2. The number of fused-ring (bicyclic) bond motifs is 3. The van der Waals surface area contributed by atoms with E-state index in [1.165, 1.54) is 6.07 Å². The van der Waals surface area contributed by atoms with Gasteiger partial charge in [-0.25, -0.2) is 4.79 Å². The SMILES string of the molecule is C/C(=C\COc1ccc2ccc(=O)oc2c1)CCC1OC2(C=Cc3c(cc4occc4c3OCCC(C)/C=C/C3OC3(C)C)O2)OC1(C)C. The molecule has 3 aliphatic heterocycles. The molecule has 0 bridgehead atoms. The second-order valence-corrected chi connectivity index (χ2v) is 14.3. The summed E-state index contributed by atoms with van der Waals surface area (Å²) >= 11 is 0. The second kappa shape index (κ2) is 12.9. The van der Waals surface area contributed by atoms with Gasteiger partial charge in [0.05, 0.1) is 41.1 Å². The average molecular weight is 669 g/mol. The highest BCUT2D eigenvalue weighted by atomic mass is 16.9. The molecule has 3 aliphatic rings. The molecule has 2 aromatic carbocycles. The van der Waals surface area contributed by atoms with Crippen LogP contribution in [0.25, 0.3) is 28.0 Å². The van der Waals surface area contributed by atoms with Crippen LogP contribution in [0.4, 0.5) is 0 Å². The van der Waals surface area contributed by atoms with Gasteiger partial charge in [0.15, 0.2) is 0 Å². The molecule has 4 aromatic rings. The lowest BCUT2D eigenvalue weighted by molar-refractivity contribution is -0.270. The van der Waals surface area contributed by atoms with Crippen LogP contribution in [0.2, 0.25) is 0 Å². The Hall–Kier alpha value is -4.31. The number of allylic oxidation sites excluding steroid dienone is 2. The Morgan fingerprint density at radius 3 is 2.63 bits per heavy atom. The number of furan rings is 1. The van der Waals surface area contributed by atoms with Crippen LogP contribution in [0.1, 0.15) is 66.4 Å². The number of ether oxygens (including phenoxy) is 6. The highest BCUT2D eigenvalue weighted by molar-refractivity contribution is 5.91. The van der Waals surface area contributed by atoms with Crippen molar-refractivity contribution < 1.29 is 37.3 Å². The quantitative estimate of drug-likeness (QED) is 0.0833. The summed E-state index contributed by atoms with van der Waals surface area (Å²) in [7, 11) is 0. The molecular weight excluding hydrogens is 624 g/mol. The molecule has 9 nitrogen and oxygen atoms in total. The average Bonchev–Trinajstić information content (AvgIpc) is 3.31. The van der Waals surface area contributed by atoms with Crippen LogP contribution < -0.4 is 19.8 Å². The summed E-state index contributed by atoms with van der Waals surface area (Å²) in [5, 5.41) is 1.74. The topological polar surface area (TPSA) is 102 Å². The first-order chi connectivity index (χ1) is 23.4. The van der Waals surface area contributed by atoms with Crippen molar-refractivity contribution in [1.82, 2.24) is 0 Å². The zero-order valence-electron chi connectivity index (χ0n) is 28.9. The Kier molecular flexibility index (Phi) is 8.71. The van der Waals surface area contributed by atoms with Crippen molar-refractivity contribution in [2.45, 2.75) is 90.2 Å². The minimum absolute atomic E-state index is 0.0524. The fraction of sp³-hybridized carbons (Fsp3) is 0.425. The van der Waals surface area contributed by atoms with Gasteiger partial charge in [-0.2, -0.15) is 0 Å². The van der Waals surface area contributed by atoms with Crippen LogP contribution in [0.15, 0.2) is 92.2 Å². The standard InChI is InChI=1S/C40H44O9/c1-25(16-20-42-28-11-9-27-10-14-36(41)45-31(27)23-28)8-13-35-39(5,6)49-40(48-35)19-15-29-33(46-40)24-32-30(18-22-43-32)37(29)44-21-17-26(2)7-12-34-38(3,4)47-34/h7,9-12,14-16,18-19,22-24,26,34-35H,8,13,17,20-21H2,1-6H3/b12-7+,25-16+. The van der Waals surface area contributed by atoms with Crippen LogP contribution >= 0.6 is 0 Å². The Morgan fingerprint density at radius 1 is 1.00 bits per heavy atom. The lowest BCUT2D eigenvalue weighted by atomic mass is 9.96. The molecule has 2 fully saturated rings. The predicted octanol–water partition coefficient (Wildman–Crippen LogP) is 8.74. The van der Waals surface area contributed by atoms with Gasteiger partial charge < -0.3 is 37.3 Å². The monoisotopic (exact) mass is 668 g/mol. The molecule has 7 rings (SSSR count). The maximum absolute atomic E-state index is 11.6. The van der Waals surface area contributed by atoms with Crippen LogP contribution in [-0.4, -0.2) is 42.6 Å². The molecule has 2 saturated heterocycles. The Morgan fingerprint density at radius 2 is 1.82 bits per heavy atom. The maximum Gasteiger partial charge on any atom is 0.350 e. The summed E-state index contributed by atoms with van der Waals surface area (Å²) in [6.45, 7) is 13.4. The molecule has 4 unspecified atom stereocenters. The van der Waals surface area contributed by atoms with Crippen LogP contribution in [0.5, 0.6) is 17.2 Å². The van der Waals surface area contributed by atoms with Crippen molar-refractivity contribution in [3.63, 3.8) is 0 Å². The first-order valence-electron chi connectivity index (χ1n) is 17.0. The summed E-state index contributed by atoms with van der Waals surface area (Å²) < 4.78 is 48.5. The lowest BCUT2D eigenvalue weighted by Crippen LogP contribution is -2.39. The van der Waals surface area contributed by atoms with E-state index in [1.807, 2.05) is 56.3 Å². The molecule has 9 heteroatoms. The minimum atomic E-state index is -1.36. The van der Waals surface area contributed by atoms with Crippen LogP contribution in [0.3, 0.4) is 0 Å². The van der Waals surface area contributed by atoms with E-state index in [4.69, 9.17) is 37.3 Å². The lowest BCUT2D eigenvalue weighted by Gasteiger charge is -2.30. The first kappa shape index (κ1) is 33.2. The Bertz CT molecular complexity index is 1990. The number of epoxide rings is 1. The van der Waals surface area contributed by atoms with Gasteiger partial charge in [-0.3, -0.25) is 0 Å². The fourth-order valence-electron chi connectivity index (χ4n) is 6.34. The summed E-state index contributed by atoms with van der Waals surface area (Å²) in [6, 6.07) is 12.4. The molecule has 0 aliphatic carbocycles. The molecular formula is C40H44O9. The third-order valence-electron chi connectivity index (χ3n) is 9.48. The predicted molar refractivity (Wildman–Crippen MR) is 187 cm³/mol. The molecule has 2 aromatic heterocycles. The fourth-order valence-corrected chi connectivity index (χ4v) is 6.34. The van der Waals surface area contributed by atoms with Crippen molar-refractivity contribution in [2.24, 2.45) is 5.92 Å². The van der Waals surface area contributed by atoms with E-state index in [9.17, 15) is 4.79 Å². The van der Waals surface area contributed by atoms with Crippen LogP contribution in [0, 0.1) is 5.92 Å². The molecule has 4 atom stereocenters. The molecule has 5 heterocycles. The number of hydrogen-bond acceptors (Lipinski definition) is 9. The highest BCUT2D eigenvalue weighted by Gasteiger charge is 2.54. The van der Waals surface area contributed by atoms with Gasteiger partial charge in [0.2, 0.25) is 0 Å². The third-order valence-corrected chi connectivity index (χ3v) is 9.48. The van der Waals surface area contributed by atoms with Gasteiger partial charge in [0, 0.05) is 29.7 Å². The number of rotatable bonds is 12. The highest BCUT2D eigenvalue weighted by Crippen LogP contribution is 2.48. The van der Waals surface area contributed by atoms with E-state index in [0.29, 0.717) is 41.8 Å². The van der Waals surface area contributed by atoms with Gasteiger partial charge in [0.1, 0.15) is 41.1 Å². The van der Waals surface area contributed by atoms with Crippen molar-refractivity contribution in [1.29, 1.82) is 0 Å². The van der Waals surface area contributed by atoms with E-state index < -0.39 is 11.6 Å². The normalized spacial score (nSPS) is 24.4. The summed E-state index contributed by atoms with van der Waals surface area (Å²) in [5.41, 5.74) is 2.12. The molecule has 0 N–H and O–H groups in total. The Balaban J connectivity index is 0.969. The smallest absolute Gasteiger partial charge is 0.350 e. The van der Waals surface area contributed by atoms with Crippen molar-refractivity contribution in [2.75, 3.05) is 13.2 Å². The van der Waals surface area contributed by atoms with Crippen molar-refractivity contribution in [3.8, 4) is 17.2 Å². The minimum Gasteiger partial charge on any atom is -0.492 e. The molecule has 0 saturated carbocycles. The van der Waals surface area contributed by atoms with Gasteiger partial charge >= 0.3 is 11.6 Å². The summed E-state index contributed by atoms with van der Waals surface area (Å²) in [5.74, 6) is 0.926. The van der Waals surface area contributed by atoms with E-state index in [2.05, 4.69) is 39.8 Å². The van der Waals surface area contributed by atoms with Gasteiger partial charge in [-0.05, 0) is 96.2 Å². The molecule has 258 valence electrons. The van der Waals surface area contributed by atoms with Gasteiger partial charge in [-0.15, -0.1) is 0 Å². The first-order valence-corrected chi connectivity index (χ1v) is 17.0. The Labute approximate surface area is 286 Å². The number of benzene rings is 2. The van der Waals surface area contributed by atoms with Crippen molar-refractivity contribution >= 4 is 28.0 Å². The maximum atomic E-state index is 11.6. The van der Waals surface area contributed by atoms with Crippen LogP contribution in [-0.2, 0) is 14.2 Å². The second-order valence-electron chi connectivity index (χ2n) is 14.3. The van der Waals surface area contributed by atoms with Gasteiger partial charge in [0.25, 0.3) is 0 Å². The third kappa shape index (κ3) is 7.20. The van der Waals surface area contributed by atoms with E-state index in [0.717, 1.165) is 46.9 Å². The molecule has 0 amide bonds. The van der Waals surface area contributed by atoms with Crippen molar-refractivity contribution in [3.05, 3.63) is 94.6 Å². The summed E-state index contributed by atoms with van der Waals surface area (Å²) in [4.78, 5) is 11.6. The van der Waals surface area contributed by atoms with E-state index >= 15 is 0 Å². The zero-order valence-corrected chi connectivity index (χ0v) is 28.9. The molecule has 1 spiro atoms. The van der Waals surface area contributed by atoms with E-state index in [-0.39, 0.29) is 23.4 Å². The molecule has 49 heavy (non-hydrogen) atoms. The van der Waals surface area contributed by atoms with E-state index in [1.54, 1.807) is 18.4 Å². The largest absolute Gasteiger partial charge is 0.492 e. The zero-order chi connectivity index (χ0) is 34.4. The van der Waals surface area contributed by atoms with Gasteiger partial charge in [-0.1, -0.05) is 24.6 Å².